The number of H-pyrrole nitrogens is 1. The van der Waals surface area contributed by atoms with Gasteiger partial charge in [0.1, 0.15) is 11.2 Å². The van der Waals surface area contributed by atoms with E-state index in [2.05, 4.69) is 15.3 Å². The number of nitrogens with zero attached hydrogens (tertiary/aromatic N) is 1. The Morgan fingerprint density at radius 3 is 2.75 bits per heavy atom. The summed E-state index contributed by atoms with van der Waals surface area (Å²) in [7, 11) is 1.54. The minimum Gasteiger partial charge on any atom is -0.381 e. The Kier molecular flexibility index (Phi) is 6.57. The molecule has 28 heavy (non-hydrogen) atoms. The topological polar surface area (TPSA) is 76.2 Å². The Hall–Kier alpha value is -1.71. The first-order chi connectivity index (χ1) is 13.3. The normalized spacial score (nSPS) is 15.9. The smallest absolute Gasteiger partial charge is 0.261 e. The maximum atomic E-state index is 14.5. The van der Waals surface area contributed by atoms with Gasteiger partial charge in [0.25, 0.3) is 5.56 Å². The lowest BCUT2D eigenvalue weighted by atomic mass is 10.1. The maximum Gasteiger partial charge on any atom is 0.261 e. The molecule has 6 nitrogen and oxygen atoms in total. The molecule has 0 spiro atoms. The van der Waals surface area contributed by atoms with E-state index in [4.69, 9.17) is 9.47 Å². The third-order valence-corrected chi connectivity index (χ3v) is 6.19. The van der Waals surface area contributed by atoms with Gasteiger partial charge in [0, 0.05) is 32.1 Å². The van der Waals surface area contributed by atoms with Crippen LogP contribution in [0.3, 0.4) is 0 Å². The predicted molar refractivity (Wildman–Crippen MR) is 107 cm³/mol. The number of ether oxygens (including phenoxy) is 2. The number of benzene rings is 1. The van der Waals surface area contributed by atoms with Crippen molar-refractivity contribution in [1.82, 2.24) is 9.97 Å². The van der Waals surface area contributed by atoms with Crippen LogP contribution in [0, 0.1) is 11.6 Å². The van der Waals surface area contributed by atoms with Crippen LogP contribution in [0.25, 0.3) is 10.9 Å². The van der Waals surface area contributed by atoms with E-state index in [0.717, 1.165) is 26.1 Å². The first kappa shape index (κ1) is 21.0. The van der Waals surface area contributed by atoms with E-state index in [9.17, 15) is 13.6 Å². The second-order valence-electron chi connectivity index (χ2n) is 7.40. The maximum absolute atomic E-state index is 14.5. The average Bonchev–Trinajstić information content (AvgIpc) is 2.68. The van der Waals surface area contributed by atoms with E-state index in [-0.39, 0.29) is 23.1 Å². The quantitative estimate of drug-likeness (QED) is 0.724. The second kappa shape index (κ2) is 8.75. The number of methoxy groups -OCH3 is 1. The number of hydrogen-bond donors (Lipinski definition) is 2. The standard InChI is InChI=1S/C19H25F2N3O3S/c1-19(2,26-3)10-22-13-8-12-15(17(21)16(13)20)18(25)24-14(23-12)9-28-11-4-6-27-7-5-11/h8,11,22H,4-7,9-10H2,1-3H3,(H,23,24,25). The number of anilines is 1. The van der Waals surface area contributed by atoms with Gasteiger partial charge in [-0.05, 0) is 32.8 Å². The third-order valence-electron chi connectivity index (χ3n) is 4.81. The molecule has 0 atom stereocenters. The second-order valence-corrected chi connectivity index (χ2v) is 8.69. The molecular weight excluding hydrogens is 388 g/mol. The molecule has 1 aromatic heterocycles. The van der Waals surface area contributed by atoms with Crippen molar-refractivity contribution in [1.29, 1.82) is 0 Å². The SMILES string of the molecule is COC(C)(C)CNc1cc2nc(CSC3CCOCC3)[nH]c(=O)c2c(F)c1F. The Morgan fingerprint density at radius 1 is 1.36 bits per heavy atom. The summed E-state index contributed by atoms with van der Waals surface area (Å²) in [6.07, 6.45) is 1.90. The number of thioether (sulfide) groups is 1. The molecule has 9 heteroatoms. The summed E-state index contributed by atoms with van der Waals surface area (Å²) in [6, 6.07) is 1.37. The van der Waals surface area contributed by atoms with Crippen molar-refractivity contribution in [3.8, 4) is 0 Å². The Morgan fingerprint density at radius 2 is 2.07 bits per heavy atom. The summed E-state index contributed by atoms with van der Waals surface area (Å²) >= 11 is 1.68. The van der Waals surface area contributed by atoms with Crippen molar-refractivity contribution < 1.29 is 18.3 Å². The minimum atomic E-state index is -1.20. The van der Waals surface area contributed by atoms with Crippen LogP contribution >= 0.6 is 11.8 Å². The molecule has 2 N–H and O–H groups in total. The predicted octanol–water partition coefficient (Wildman–Crippen LogP) is 3.45. The lowest BCUT2D eigenvalue weighted by Crippen LogP contribution is -2.32. The fourth-order valence-electron chi connectivity index (χ4n) is 2.90. The van der Waals surface area contributed by atoms with Crippen LogP contribution in [0.1, 0.15) is 32.5 Å². The van der Waals surface area contributed by atoms with Crippen molar-refractivity contribution in [2.24, 2.45) is 0 Å². The van der Waals surface area contributed by atoms with Gasteiger partial charge in [-0.2, -0.15) is 11.8 Å². The summed E-state index contributed by atoms with van der Waals surface area (Å²) in [5.41, 5.74) is -1.16. The molecular formula is C19H25F2N3O3S. The molecule has 0 bridgehead atoms. The van der Waals surface area contributed by atoms with E-state index in [1.807, 2.05) is 13.8 Å². The highest BCUT2D eigenvalue weighted by Gasteiger charge is 2.21. The van der Waals surface area contributed by atoms with Crippen LogP contribution in [0.15, 0.2) is 10.9 Å². The van der Waals surface area contributed by atoms with Crippen LogP contribution in [-0.4, -0.2) is 47.7 Å². The lowest BCUT2D eigenvalue weighted by molar-refractivity contribution is 0.0343. The van der Waals surface area contributed by atoms with Gasteiger partial charge in [0.2, 0.25) is 0 Å². The van der Waals surface area contributed by atoms with Gasteiger partial charge < -0.3 is 19.8 Å². The van der Waals surface area contributed by atoms with Crippen LogP contribution < -0.4 is 10.9 Å². The van der Waals surface area contributed by atoms with Gasteiger partial charge >= 0.3 is 0 Å². The van der Waals surface area contributed by atoms with Gasteiger partial charge in [-0.25, -0.2) is 13.8 Å². The first-order valence-electron chi connectivity index (χ1n) is 9.20. The Balaban J connectivity index is 1.86. The average molecular weight is 413 g/mol. The molecule has 0 saturated carbocycles. The molecule has 1 saturated heterocycles. The number of nitrogens with one attached hydrogen (secondary N) is 2. The molecule has 0 radical (unpaired) electrons. The van der Waals surface area contributed by atoms with Crippen LogP contribution in [0.5, 0.6) is 0 Å². The highest BCUT2D eigenvalue weighted by molar-refractivity contribution is 7.99. The molecule has 154 valence electrons. The largest absolute Gasteiger partial charge is 0.381 e. The molecule has 1 aromatic carbocycles. The van der Waals surface area contributed by atoms with E-state index in [1.54, 1.807) is 18.9 Å². The summed E-state index contributed by atoms with van der Waals surface area (Å²) in [4.78, 5) is 19.3. The molecule has 1 aliphatic heterocycles. The van der Waals surface area contributed by atoms with Crippen LogP contribution in [-0.2, 0) is 15.2 Å². The number of aromatic nitrogens is 2. The van der Waals surface area contributed by atoms with E-state index in [0.29, 0.717) is 16.8 Å². The Labute approximate surface area is 166 Å². The molecule has 1 aliphatic rings. The lowest BCUT2D eigenvalue weighted by Gasteiger charge is -2.24. The number of rotatable bonds is 7. The number of halogens is 2. The van der Waals surface area contributed by atoms with Gasteiger partial charge in [-0.15, -0.1) is 0 Å². The van der Waals surface area contributed by atoms with Crippen molar-refractivity contribution in [2.75, 3.05) is 32.2 Å². The zero-order chi connectivity index (χ0) is 20.3. The van der Waals surface area contributed by atoms with Gasteiger partial charge in [0.15, 0.2) is 11.6 Å². The van der Waals surface area contributed by atoms with E-state index in [1.165, 1.54) is 6.07 Å². The van der Waals surface area contributed by atoms with Gasteiger partial charge in [0.05, 0.1) is 22.6 Å². The summed E-state index contributed by atoms with van der Waals surface area (Å²) in [5.74, 6) is -1.36. The number of hydrogen-bond acceptors (Lipinski definition) is 6. The highest BCUT2D eigenvalue weighted by atomic mass is 32.2. The highest BCUT2D eigenvalue weighted by Crippen LogP contribution is 2.27. The zero-order valence-electron chi connectivity index (χ0n) is 16.2. The molecule has 1 fully saturated rings. The molecule has 2 aromatic rings. The molecule has 3 rings (SSSR count). The summed E-state index contributed by atoms with van der Waals surface area (Å²) < 4.78 is 39.5. The van der Waals surface area contributed by atoms with Crippen LogP contribution in [0.2, 0.25) is 0 Å². The van der Waals surface area contributed by atoms with E-state index >= 15 is 0 Å². The van der Waals surface area contributed by atoms with Crippen molar-refractivity contribution in [3.05, 3.63) is 33.9 Å². The van der Waals surface area contributed by atoms with Crippen molar-refractivity contribution in [3.63, 3.8) is 0 Å². The van der Waals surface area contributed by atoms with Crippen molar-refractivity contribution in [2.45, 2.75) is 43.3 Å². The fraction of sp³-hybridized carbons (Fsp3) is 0.579. The van der Waals surface area contributed by atoms with E-state index < -0.39 is 22.8 Å². The number of aromatic amines is 1. The number of fused-ring (bicyclic) bond motifs is 1. The Bertz CT molecular complexity index is 898. The first-order valence-corrected chi connectivity index (χ1v) is 10.2. The van der Waals surface area contributed by atoms with Crippen LogP contribution in [0.4, 0.5) is 14.5 Å². The third kappa shape index (κ3) is 4.82. The molecule has 0 unspecified atom stereocenters. The molecule has 2 heterocycles. The monoisotopic (exact) mass is 413 g/mol. The summed E-state index contributed by atoms with van der Waals surface area (Å²) in [6.45, 7) is 5.38. The molecule has 0 amide bonds. The van der Waals surface area contributed by atoms with Gasteiger partial charge in [-0.1, -0.05) is 0 Å². The molecule has 0 aliphatic carbocycles. The van der Waals surface area contributed by atoms with Gasteiger partial charge in [-0.3, -0.25) is 4.79 Å². The fourth-order valence-corrected chi connectivity index (χ4v) is 3.96. The summed E-state index contributed by atoms with van der Waals surface area (Å²) in [5, 5.41) is 2.92. The minimum absolute atomic E-state index is 0.0451. The van der Waals surface area contributed by atoms with Crippen molar-refractivity contribution >= 4 is 28.4 Å². The zero-order valence-corrected chi connectivity index (χ0v) is 17.0.